The number of carbonyl (C=O) groups excluding carboxylic acids is 1. The molecule has 2 rings (SSSR count). The van der Waals surface area contributed by atoms with Crippen LogP contribution in [0.2, 0.25) is 0 Å². The van der Waals surface area contributed by atoms with Crippen LogP contribution in [0.1, 0.15) is 12.8 Å². The van der Waals surface area contributed by atoms with E-state index in [4.69, 9.17) is 0 Å². The van der Waals surface area contributed by atoms with Crippen LogP contribution in [0.25, 0.3) is 0 Å². The molecule has 0 bridgehead atoms. The highest BCUT2D eigenvalue weighted by atomic mass is 35.5. The molecule has 1 aromatic rings. The summed E-state index contributed by atoms with van der Waals surface area (Å²) in [7, 11) is -3.38. The molecule has 20 heavy (non-hydrogen) atoms. The number of rotatable bonds is 7. The maximum atomic E-state index is 11.5. The molecule has 3 N–H and O–H groups in total. The van der Waals surface area contributed by atoms with Crippen LogP contribution in [-0.4, -0.2) is 43.9 Å². The van der Waals surface area contributed by atoms with Crippen molar-refractivity contribution in [2.75, 3.05) is 29.4 Å². The fraction of sp³-hybridized carbons (Fsp3) is 0.667. The minimum atomic E-state index is -3.38. The molecular weight excluding hydrogens is 326 g/mol. The van der Waals surface area contributed by atoms with Crippen LogP contribution in [0.3, 0.4) is 0 Å². The number of nitrogens with zero attached hydrogens (tertiary/aromatic N) is 2. The average molecular weight is 342 g/mol. The number of amides is 1. The first-order valence-corrected chi connectivity index (χ1v) is 8.45. The number of hydrogen-bond donors (Lipinski definition) is 3. The molecule has 1 amide bonds. The number of nitrogens with one attached hydrogen (secondary N) is 3. The number of hydrogen-bond acceptors (Lipinski definition) is 7. The molecule has 1 aromatic heterocycles. The zero-order valence-corrected chi connectivity index (χ0v) is 13.2. The number of sulfonamides is 1. The highest BCUT2D eigenvalue weighted by Gasteiger charge is 2.20. The Bertz CT molecular complexity index is 558. The van der Waals surface area contributed by atoms with Gasteiger partial charge in [0.1, 0.15) is 0 Å². The molecule has 0 saturated heterocycles. The van der Waals surface area contributed by atoms with Gasteiger partial charge in [-0.2, -0.15) is 0 Å². The van der Waals surface area contributed by atoms with Crippen molar-refractivity contribution >= 4 is 49.9 Å². The summed E-state index contributed by atoms with van der Waals surface area (Å²) in [5.41, 5.74) is 0. The molecule has 114 valence electrons. The van der Waals surface area contributed by atoms with Gasteiger partial charge >= 0.3 is 0 Å². The Morgan fingerprint density at radius 2 is 2.00 bits per heavy atom. The highest BCUT2D eigenvalue weighted by Crippen LogP contribution is 2.27. The van der Waals surface area contributed by atoms with Crippen LogP contribution >= 0.6 is 23.7 Å². The van der Waals surface area contributed by atoms with Crippen molar-refractivity contribution < 1.29 is 13.2 Å². The Kier molecular flexibility index (Phi) is 6.11. The number of anilines is 2. The minimum absolute atomic E-state index is 0. The lowest BCUT2D eigenvalue weighted by molar-refractivity contribution is -0.115. The maximum Gasteiger partial charge on any atom is 0.240 e. The normalized spacial score (nSPS) is 14.4. The summed E-state index contributed by atoms with van der Waals surface area (Å²) in [5, 5.41) is 13.3. The van der Waals surface area contributed by atoms with Crippen LogP contribution in [-0.2, 0) is 14.8 Å². The van der Waals surface area contributed by atoms with Crippen LogP contribution in [0, 0.1) is 5.92 Å². The number of carbonyl (C=O) groups is 1. The lowest BCUT2D eigenvalue weighted by Crippen LogP contribution is -2.29. The van der Waals surface area contributed by atoms with Crippen molar-refractivity contribution in [3.05, 3.63) is 0 Å². The van der Waals surface area contributed by atoms with Gasteiger partial charge in [0, 0.05) is 0 Å². The highest BCUT2D eigenvalue weighted by molar-refractivity contribution is 7.92. The van der Waals surface area contributed by atoms with E-state index in [1.165, 1.54) is 12.8 Å². The summed E-state index contributed by atoms with van der Waals surface area (Å²) < 4.78 is 24.1. The predicted molar refractivity (Wildman–Crippen MR) is 79.8 cm³/mol. The Morgan fingerprint density at radius 3 is 2.60 bits per heavy atom. The molecule has 0 radical (unpaired) electrons. The van der Waals surface area contributed by atoms with E-state index >= 15 is 0 Å². The molecule has 0 aromatic carbocycles. The molecule has 1 aliphatic rings. The number of halogens is 1. The van der Waals surface area contributed by atoms with E-state index in [1.807, 2.05) is 0 Å². The van der Waals surface area contributed by atoms with Gasteiger partial charge in [-0.3, -0.25) is 14.8 Å². The molecule has 8 nitrogen and oxygen atoms in total. The minimum Gasteiger partial charge on any atom is -0.308 e. The first kappa shape index (κ1) is 17.1. The third-order valence-corrected chi connectivity index (χ3v) is 3.81. The molecule has 1 fully saturated rings. The van der Waals surface area contributed by atoms with Crippen molar-refractivity contribution in [2.24, 2.45) is 5.92 Å². The molecule has 0 aliphatic heterocycles. The monoisotopic (exact) mass is 341 g/mol. The molecule has 0 atom stereocenters. The SMILES string of the molecule is CS(=O)(=O)Nc1nnc(NC(=O)CNCC2CC2)s1.Cl. The lowest BCUT2D eigenvalue weighted by atomic mass is 10.4. The maximum absolute atomic E-state index is 11.5. The lowest BCUT2D eigenvalue weighted by Gasteiger charge is -2.02. The van der Waals surface area contributed by atoms with Crippen molar-refractivity contribution in [1.82, 2.24) is 15.5 Å². The molecule has 11 heteroatoms. The van der Waals surface area contributed by atoms with E-state index in [1.54, 1.807) is 0 Å². The Hall–Kier alpha value is -0.970. The topological polar surface area (TPSA) is 113 Å². The zero-order chi connectivity index (χ0) is 13.9. The average Bonchev–Trinajstić information content (AvgIpc) is 2.99. The summed E-state index contributed by atoms with van der Waals surface area (Å²) in [6.07, 6.45) is 3.48. The van der Waals surface area contributed by atoms with Gasteiger partial charge in [-0.1, -0.05) is 11.3 Å². The summed E-state index contributed by atoms with van der Waals surface area (Å²) in [4.78, 5) is 11.5. The second-order valence-corrected chi connectivity index (χ2v) is 7.14. The second kappa shape index (κ2) is 7.16. The molecule has 1 saturated carbocycles. The van der Waals surface area contributed by atoms with E-state index in [0.717, 1.165) is 24.1 Å². The van der Waals surface area contributed by atoms with Crippen molar-refractivity contribution in [1.29, 1.82) is 0 Å². The van der Waals surface area contributed by atoms with Gasteiger partial charge in [0.2, 0.25) is 26.2 Å². The summed E-state index contributed by atoms with van der Waals surface area (Å²) in [6, 6.07) is 0. The second-order valence-electron chi connectivity index (χ2n) is 4.41. The van der Waals surface area contributed by atoms with Gasteiger partial charge in [-0.05, 0) is 25.3 Å². The molecule has 0 unspecified atom stereocenters. The smallest absolute Gasteiger partial charge is 0.240 e. The molecular formula is C9H16ClN5O3S2. The van der Waals surface area contributed by atoms with Gasteiger partial charge in [-0.15, -0.1) is 22.6 Å². The van der Waals surface area contributed by atoms with Crippen LogP contribution in [0.4, 0.5) is 10.3 Å². The van der Waals surface area contributed by atoms with E-state index in [9.17, 15) is 13.2 Å². The van der Waals surface area contributed by atoms with Gasteiger partial charge in [0.25, 0.3) is 0 Å². The van der Waals surface area contributed by atoms with Crippen molar-refractivity contribution in [3.8, 4) is 0 Å². The zero-order valence-electron chi connectivity index (χ0n) is 10.7. The van der Waals surface area contributed by atoms with Crippen molar-refractivity contribution in [3.63, 3.8) is 0 Å². The third-order valence-electron chi connectivity index (χ3n) is 2.36. The number of aromatic nitrogens is 2. The van der Waals surface area contributed by atoms with Crippen LogP contribution in [0.5, 0.6) is 0 Å². The van der Waals surface area contributed by atoms with Gasteiger partial charge in [0.15, 0.2) is 0 Å². The Morgan fingerprint density at radius 1 is 1.35 bits per heavy atom. The van der Waals surface area contributed by atoms with Gasteiger partial charge in [0.05, 0.1) is 12.8 Å². The van der Waals surface area contributed by atoms with Gasteiger partial charge in [-0.25, -0.2) is 8.42 Å². The first-order valence-electron chi connectivity index (χ1n) is 5.74. The van der Waals surface area contributed by atoms with E-state index in [-0.39, 0.29) is 35.1 Å². The molecule has 1 heterocycles. The molecule has 1 aliphatic carbocycles. The van der Waals surface area contributed by atoms with Gasteiger partial charge < -0.3 is 5.32 Å². The fourth-order valence-corrected chi connectivity index (χ4v) is 2.84. The summed E-state index contributed by atoms with van der Waals surface area (Å²) >= 11 is 0.968. The Balaban J connectivity index is 0.00000200. The summed E-state index contributed by atoms with van der Waals surface area (Å²) in [5.74, 6) is 0.489. The third kappa shape index (κ3) is 6.46. The fourth-order valence-electron chi connectivity index (χ4n) is 1.35. The molecule has 0 spiro atoms. The Labute approximate surface area is 127 Å². The standard InChI is InChI=1S/C9H15N5O3S2.ClH/c1-19(16,17)14-9-13-12-8(18-9)11-7(15)5-10-4-6-2-3-6;/h6,10H,2-5H2,1H3,(H,13,14)(H,11,12,15);1H. The van der Waals surface area contributed by atoms with Crippen molar-refractivity contribution in [2.45, 2.75) is 12.8 Å². The predicted octanol–water partition coefficient (Wildman–Crippen LogP) is 0.269. The first-order chi connectivity index (χ1) is 8.92. The van der Waals surface area contributed by atoms with E-state index in [0.29, 0.717) is 5.92 Å². The van der Waals surface area contributed by atoms with Crippen LogP contribution in [0.15, 0.2) is 0 Å². The quantitative estimate of drug-likeness (QED) is 0.656. The van der Waals surface area contributed by atoms with Crippen LogP contribution < -0.4 is 15.4 Å². The van der Waals surface area contributed by atoms with E-state index < -0.39 is 10.0 Å². The summed E-state index contributed by atoms with van der Waals surface area (Å²) in [6.45, 7) is 1.06. The van der Waals surface area contributed by atoms with E-state index in [2.05, 4.69) is 25.6 Å². The largest absolute Gasteiger partial charge is 0.308 e.